The van der Waals surface area contributed by atoms with Gasteiger partial charge in [0, 0.05) is 24.7 Å². The van der Waals surface area contributed by atoms with Crippen molar-refractivity contribution in [1.82, 2.24) is 10.2 Å². The maximum atomic E-state index is 5.94. The number of morpholine rings is 1. The molecule has 0 radical (unpaired) electrons. The first-order chi connectivity index (χ1) is 8.22. The molecule has 2 fully saturated rings. The Hall–Kier alpha value is -0.120. The molecule has 1 aliphatic carbocycles. The van der Waals surface area contributed by atoms with Gasteiger partial charge in [0.2, 0.25) is 0 Å². The second-order valence-corrected chi connectivity index (χ2v) is 5.77. The zero-order valence-corrected chi connectivity index (χ0v) is 11.6. The third-order valence-corrected chi connectivity index (χ3v) is 4.53. The van der Waals surface area contributed by atoms with Crippen molar-refractivity contribution >= 4 is 0 Å². The fourth-order valence-electron chi connectivity index (χ4n) is 3.44. The van der Waals surface area contributed by atoms with Crippen LogP contribution in [0.2, 0.25) is 0 Å². The minimum atomic E-state index is 0.518. The van der Waals surface area contributed by atoms with Crippen molar-refractivity contribution in [2.75, 3.05) is 20.2 Å². The van der Waals surface area contributed by atoms with Crippen molar-refractivity contribution in [2.45, 2.75) is 70.2 Å². The van der Waals surface area contributed by atoms with Crippen molar-refractivity contribution < 1.29 is 4.74 Å². The van der Waals surface area contributed by atoms with E-state index >= 15 is 0 Å². The molecular formula is C14H28N2O. The monoisotopic (exact) mass is 240 g/mol. The van der Waals surface area contributed by atoms with Crippen molar-refractivity contribution in [1.29, 1.82) is 0 Å². The number of hydrogen-bond donors (Lipinski definition) is 1. The third-order valence-electron chi connectivity index (χ3n) is 4.53. The van der Waals surface area contributed by atoms with Crippen LogP contribution in [-0.2, 0) is 4.74 Å². The van der Waals surface area contributed by atoms with Crippen molar-refractivity contribution in [3.63, 3.8) is 0 Å². The van der Waals surface area contributed by atoms with Gasteiger partial charge in [0.15, 0.2) is 0 Å². The quantitative estimate of drug-likeness (QED) is 0.813. The molecule has 1 heterocycles. The van der Waals surface area contributed by atoms with Crippen molar-refractivity contribution in [2.24, 2.45) is 0 Å². The molecule has 1 saturated carbocycles. The lowest BCUT2D eigenvalue weighted by molar-refractivity contribution is -0.102. The average molecular weight is 240 g/mol. The molecule has 3 heteroatoms. The molecule has 0 spiro atoms. The molecule has 2 rings (SSSR count). The van der Waals surface area contributed by atoms with Crippen LogP contribution in [0.25, 0.3) is 0 Å². The second kappa shape index (κ2) is 6.17. The van der Waals surface area contributed by atoms with Crippen LogP contribution in [0.3, 0.4) is 0 Å². The minimum Gasteiger partial charge on any atom is -0.375 e. The number of nitrogens with one attached hydrogen (secondary N) is 1. The molecule has 1 aliphatic heterocycles. The number of nitrogens with zero attached hydrogens (tertiary/aromatic N) is 1. The molecule has 4 unspecified atom stereocenters. The van der Waals surface area contributed by atoms with Crippen molar-refractivity contribution in [3.8, 4) is 0 Å². The summed E-state index contributed by atoms with van der Waals surface area (Å²) < 4.78 is 5.94. The van der Waals surface area contributed by atoms with E-state index in [4.69, 9.17) is 4.74 Å². The molecule has 0 aromatic carbocycles. The van der Waals surface area contributed by atoms with E-state index in [1.807, 2.05) is 0 Å². The minimum absolute atomic E-state index is 0.518. The normalized spacial score (nSPS) is 34.1. The molecule has 2 aliphatic rings. The lowest BCUT2D eigenvalue weighted by Gasteiger charge is -2.47. The van der Waals surface area contributed by atoms with Gasteiger partial charge in [-0.15, -0.1) is 0 Å². The van der Waals surface area contributed by atoms with Gasteiger partial charge in [-0.05, 0) is 40.2 Å². The summed E-state index contributed by atoms with van der Waals surface area (Å²) in [7, 11) is 2.06. The second-order valence-electron chi connectivity index (χ2n) is 5.77. The molecule has 0 bridgehead atoms. The Morgan fingerprint density at radius 3 is 2.82 bits per heavy atom. The van der Waals surface area contributed by atoms with Gasteiger partial charge in [-0.2, -0.15) is 0 Å². The smallest absolute Gasteiger partial charge is 0.0731 e. The predicted molar refractivity (Wildman–Crippen MR) is 71.3 cm³/mol. The highest BCUT2D eigenvalue weighted by atomic mass is 16.5. The van der Waals surface area contributed by atoms with Gasteiger partial charge in [-0.25, -0.2) is 0 Å². The van der Waals surface area contributed by atoms with Gasteiger partial charge in [0.1, 0.15) is 0 Å². The fraction of sp³-hybridized carbons (Fsp3) is 1.00. The summed E-state index contributed by atoms with van der Waals surface area (Å²) in [6.07, 6.45) is 7.11. The molecular weight excluding hydrogens is 212 g/mol. The lowest BCUT2D eigenvalue weighted by atomic mass is 9.88. The van der Waals surface area contributed by atoms with Crippen LogP contribution in [-0.4, -0.2) is 49.3 Å². The Labute approximate surface area is 106 Å². The molecule has 0 aromatic rings. The largest absolute Gasteiger partial charge is 0.375 e. The van der Waals surface area contributed by atoms with Crippen LogP contribution in [0.15, 0.2) is 0 Å². The van der Waals surface area contributed by atoms with Gasteiger partial charge < -0.3 is 10.1 Å². The summed E-state index contributed by atoms with van der Waals surface area (Å²) in [6, 6.07) is 1.97. The topological polar surface area (TPSA) is 24.5 Å². The SMILES string of the molecule is CNC(C)CC(C)N1CCOC2CCCCC21. The zero-order valence-electron chi connectivity index (χ0n) is 11.6. The van der Waals surface area contributed by atoms with E-state index in [0.717, 1.165) is 13.2 Å². The highest BCUT2D eigenvalue weighted by Crippen LogP contribution is 2.30. The zero-order chi connectivity index (χ0) is 12.3. The standard InChI is InChI=1S/C14H28N2O/c1-11(15-3)10-12(2)16-8-9-17-14-7-5-4-6-13(14)16/h11-15H,4-10H2,1-3H3. The summed E-state index contributed by atoms with van der Waals surface area (Å²) >= 11 is 0. The van der Waals surface area contributed by atoms with Crippen LogP contribution in [0.1, 0.15) is 46.0 Å². The molecule has 1 saturated heterocycles. The first-order valence-corrected chi connectivity index (χ1v) is 7.27. The summed E-state index contributed by atoms with van der Waals surface area (Å²) in [4.78, 5) is 2.71. The van der Waals surface area contributed by atoms with E-state index in [-0.39, 0.29) is 0 Å². The maximum absolute atomic E-state index is 5.94. The first kappa shape index (κ1) is 13.3. The van der Waals surface area contributed by atoms with E-state index in [1.165, 1.54) is 32.1 Å². The first-order valence-electron chi connectivity index (χ1n) is 7.27. The van der Waals surface area contributed by atoms with Gasteiger partial charge in [-0.3, -0.25) is 4.90 Å². The Balaban J connectivity index is 1.93. The maximum Gasteiger partial charge on any atom is 0.0731 e. The summed E-state index contributed by atoms with van der Waals surface area (Å²) in [5.74, 6) is 0. The van der Waals surface area contributed by atoms with E-state index in [1.54, 1.807) is 0 Å². The van der Waals surface area contributed by atoms with Gasteiger partial charge in [0.05, 0.1) is 12.7 Å². The molecule has 17 heavy (non-hydrogen) atoms. The van der Waals surface area contributed by atoms with E-state index in [0.29, 0.717) is 24.2 Å². The molecule has 0 amide bonds. The van der Waals surface area contributed by atoms with Crippen LogP contribution in [0.5, 0.6) is 0 Å². The van der Waals surface area contributed by atoms with Crippen LogP contribution in [0, 0.1) is 0 Å². The van der Waals surface area contributed by atoms with Gasteiger partial charge in [-0.1, -0.05) is 12.8 Å². The van der Waals surface area contributed by atoms with Crippen LogP contribution in [0.4, 0.5) is 0 Å². The molecule has 100 valence electrons. The third kappa shape index (κ3) is 3.21. The highest BCUT2D eigenvalue weighted by Gasteiger charge is 2.36. The number of fused-ring (bicyclic) bond motifs is 1. The summed E-state index contributed by atoms with van der Waals surface area (Å²) in [6.45, 7) is 6.71. The number of hydrogen-bond acceptors (Lipinski definition) is 3. The van der Waals surface area contributed by atoms with Crippen LogP contribution >= 0.6 is 0 Å². The molecule has 3 nitrogen and oxygen atoms in total. The number of rotatable bonds is 4. The van der Waals surface area contributed by atoms with Gasteiger partial charge >= 0.3 is 0 Å². The molecule has 1 N–H and O–H groups in total. The average Bonchev–Trinajstić information content (AvgIpc) is 2.37. The Kier molecular flexibility index (Phi) is 4.83. The highest BCUT2D eigenvalue weighted by molar-refractivity contribution is 4.90. The van der Waals surface area contributed by atoms with E-state index in [9.17, 15) is 0 Å². The lowest BCUT2D eigenvalue weighted by Crippen LogP contribution is -2.56. The Morgan fingerprint density at radius 2 is 2.06 bits per heavy atom. The summed E-state index contributed by atoms with van der Waals surface area (Å²) in [5, 5.41) is 3.35. The van der Waals surface area contributed by atoms with E-state index < -0.39 is 0 Å². The van der Waals surface area contributed by atoms with Crippen molar-refractivity contribution in [3.05, 3.63) is 0 Å². The Bertz CT molecular complexity index is 232. The van der Waals surface area contributed by atoms with Crippen LogP contribution < -0.4 is 5.32 Å². The van der Waals surface area contributed by atoms with Gasteiger partial charge in [0.25, 0.3) is 0 Å². The fourth-order valence-corrected chi connectivity index (χ4v) is 3.44. The summed E-state index contributed by atoms with van der Waals surface area (Å²) in [5.41, 5.74) is 0. The number of ether oxygens (including phenoxy) is 1. The van der Waals surface area contributed by atoms with E-state index in [2.05, 4.69) is 31.1 Å². The Morgan fingerprint density at radius 1 is 1.29 bits per heavy atom. The molecule has 0 aromatic heterocycles. The molecule has 4 atom stereocenters. The predicted octanol–water partition coefficient (Wildman–Crippen LogP) is 2.02.